The van der Waals surface area contributed by atoms with E-state index >= 15 is 0 Å². The van der Waals surface area contributed by atoms with E-state index in [2.05, 4.69) is 10.0 Å². The SMILES string of the molecule is CNS(=O)(=O)c1ccccc1NC(CN)C1CC1. The minimum absolute atomic E-state index is 0.151. The first-order valence-electron chi connectivity index (χ1n) is 6.07. The molecule has 1 aromatic rings. The molecule has 0 heterocycles. The standard InChI is InChI=1S/C12H19N3O2S/c1-14-18(16,17)12-5-3-2-4-10(12)15-11(8-13)9-6-7-9/h2-5,9,11,14-15H,6-8,13H2,1H3. The van der Waals surface area contributed by atoms with E-state index in [-0.39, 0.29) is 10.9 Å². The van der Waals surface area contributed by atoms with Crippen LogP contribution in [0.15, 0.2) is 29.2 Å². The number of nitrogens with two attached hydrogens (primary N) is 1. The first-order chi connectivity index (χ1) is 8.58. The second-order valence-corrected chi connectivity index (χ2v) is 6.38. The highest BCUT2D eigenvalue weighted by atomic mass is 32.2. The summed E-state index contributed by atoms with van der Waals surface area (Å²) >= 11 is 0. The highest BCUT2D eigenvalue weighted by molar-refractivity contribution is 7.89. The Bertz CT molecular complexity index is 512. The monoisotopic (exact) mass is 269 g/mol. The van der Waals surface area contributed by atoms with Gasteiger partial charge in [0.25, 0.3) is 0 Å². The highest BCUT2D eigenvalue weighted by Gasteiger charge is 2.31. The van der Waals surface area contributed by atoms with Gasteiger partial charge < -0.3 is 11.1 Å². The molecule has 1 aliphatic carbocycles. The lowest BCUT2D eigenvalue weighted by Gasteiger charge is -2.19. The number of para-hydroxylation sites is 1. The Hall–Kier alpha value is -1.11. The van der Waals surface area contributed by atoms with Gasteiger partial charge in [0.15, 0.2) is 0 Å². The van der Waals surface area contributed by atoms with Crippen molar-refractivity contribution in [1.82, 2.24) is 4.72 Å². The molecule has 1 saturated carbocycles. The molecule has 0 radical (unpaired) electrons. The summed E-state index contributed by atoms with van der Waals surface area (Å²) in [6.07, 6.45) is 2.33. The zero-order valence-electron chi connectivity index (χ0n) is 10.4. The molecule has 6 heteroatoms. The molecule has 1 fully saturated rings. The van der Waals surface area contributed by atoms with Gasteiger partial charge in [0, 0.05) is 12.6 Å². The molecule has 5 nitrogen and oxygen atoms in total. The van der Waals surface area contributed by atoms with Crippen molar-refractivity contribution in [2.75, 3.05) is 18.9 Å². The molecule has 18 heavy (non-hydrogen) atoms. The Morgan fingerprint density at radius 2 is 2.06 bits per heavy atom. The van der Waals surface area contributed by atoms with Gasteiger partial charge >= 0.3 is 0 Å². The first kappa shape index (κ1) is 13.3. The summed E-state index contributed by atoms with van der Waals surface area (Å²) in [6, 6.07) is 7.05. The molecule has 1 unspecified atom stereocenters. The van der Waals surface area contributed by atoms with Gasteiger partial charge in [-0.1, -0.05) is 12.1 Å². The van der Waals surface area contributed by atoms with Crippen LogP contribution in [0.5, 0.6) is 0 Å². The molecule has 0 saturated heterocycles. The maximum Gasteiger partial charge on any atom is 0.242 e. The third-order valence-electron chi connectivity index (χ3n) is 3.23. The molecular weight excluding hydrogens is 250 g/mol. The predicted molar refractivity (Wildman–Crippen MR) is 71.9 cm³/mol. The summed E-state index contributed by atoms with van der Waals surface area (Å²) in [6.45, 7) is 0.513. The van der Waals surface area contributed by atoms with Crippen molar-refractivity contribution in [3.8, 4) is 0 Å². The molecular formula is C12H19N3O2S. The molecule has 0 amide bonds. The van der Waals surface area contributed by atoms with E-state index in [1.807, 2.05) is 6.07 Å². The number of hydrogen-bond donors (Lipinski definition) is 3. The fraction of sp³-hybridized carbons (Fsp3) is 0.500. The number of benzene rings is 1. The second-order valence-electron chi connectivity index (χ2n) is 4.53. The van der Waals surface area contributed by atoms with Gasteiger partial charge in [-0.25, -0.2) is 13.1 Å². The Labute approximate surface area is 108 Å². The van der Waals surface area contributed by atoms with Crippen LogP contribution in [-0.4, -0.2) is 28.1 Å². The molecule has 4 N–H and O–H groups in total. The van der Waals surface area contributed by atoms with E-state index in [0.29, 0.717) is 18.2 Å². The van der Waals surface area contributed by atoms with E-state index in [1.54, 1.807) is 18.2 Å². The number of rotatable bonds is 6. The van der Waals surface area contributed by atoms with Crippen molar-refractivity contribution in [3.63, 3.8) is 0 Å². The lowest BCUT2D eigenvalue weighted by molar-refractivity contribution is 0.587. The zero-order valence-corrected chi connectivity index (χ0v) is 11.2. The largest absolute Gasteiger partial charge is 0.380 e. The van der Waals surface area contributed by atoms with Crippen LogP contribution in [0.1, 0.15) is 12.8 Å². The van der Waals surface area contributed by atoms with E-state index in [4.69, 9.17) is 5.73 Å². The minimum Gasteiger partial charge on any atom is -0.380 e. The minimum atomic E-state index is -3.44. The molecule has 1 aromatic carbocycles. The lowest BCUT2D eigenvalue weighted by atomic mass is 10.1. The Kier molecular flexibility index (Phi) is 3.89. The Morgan fingerprint density at radius 3 is 2.61 bits per heavy atom. The average Bonchev–Trinajstić information content (AvgIpc) is 3.20. The number of anilines is 1. The zero-order chi connectivity index (χ0) is 13.2. The van der Waals surface area contributed by atoms with Crippen LogP contribution < -0.4 is 15.8 Å². The third-order valence-corrected chi connectivity index (χ3v) is 4.70. The van der Waals surface area contributed by atoms with Crippen LogP contribution in [0.2, 0.25) is 0 Å². The van der Waals surface area contributed by atoms with Gasteiger partial charge in [0.05, 0.1) is 5.69 Å². The van der Waals surface area contributed by atoms with Gasteiger partial charge in [-0.05, 0) is 37.9 Å². The quantitative estimate of drug-likeness (QED) is 0.711. The fourth-order valence-electron chi connectivity index (χ4n) is 2.00. The van der Waals surface area contributed by atoms with Gasteiger partial charge in [0.2, 0.25) is 10.0 Å². The summed E-state index contributed by atoms with van der Waals surface area (Å²) in [5, 5.41) is 3.26. The van der Waals surface area contributed by atoms with Crippen molar-refractivity contribution in [1.29, 1.82) is 0 Å². The molecule has 0 bridgehead atoms. The van der Waals surface area contributed by atoms with E-state index in [1.165, 1.54) is 7.05 Å². The summed E-state index contributed by atoms with van der Waals surface area (Å²) < 4.78 is 26.1. The molecule has 100 valence electrons. The lowest BCUT2D eigenvalue weighted by Crippen LogP contribution is -2.32. The maximum absolute atomic E-state index is 11.9. The van der Waals surface area contributed by atoms with E-state index in [0.717, 1.165) is 12.8 Å². The smallest absolute Gasteiger partial charge is 0.242 e. The third kappa shape index (κ3) is 2.82. The summed E-state index contributed by atoms with van der Waals surface area (Å²) in [4.78, 5) is 0.270. The van der Waals surface area contributed by atoms with Crippen molar-refractivity contribution >= 4 is 15.7 Å². The summed E-state index contributed by atoms with van der Waals surface area (Å²) in [5.41, 5.74) is 6.35. The molecule has 1 atom stereocenters. The Balaban J connectivity index is 2.27. The maximum atomic E-state index is 11.9. The number of sulfonamides is 1. The molecule has 0 spiro atoms. The van der Waals surface area contributed by atoms with Crippen LogP contribution in [0.3, 0.4) is 0 Å². The van der Waals surface area contributed by atoms with E-state index in [9.17, 15) is 8.42 Å². The van der Waals surface area contributed by atoms with Crippen LogP contribution in [0.25, 0.3) is 0 Å². The number of nitrogens with one attached hydrogen (secondary N) is 2. The topological polar surface area (TPSA) is 84.2 Å². The van der Waals surface area contributed by atoms with Crippen molar-refractivity contribution in [3.05, 3.63) is 24.3 Å². The second kappa shape index (κ2) is 5.26. The van der Waals surface area contributed by atoms with Crippen LogP contribution >= 0.6 is 0 Å². The summed E-state index contributed by atoms with van der Waals surface area (Å²) in [5.74, 6) is 0.570. The molecule has 1 aliphatic rings. The molecule has 0 aromatic heterocycles. The van der Waals surface area contributed by atoms with Gasteiger partial charge in [-0.3, -0.25) is 0 Å². The normalized spacial score (nSPS) is 17.4. The highest BCUT2D eigenvalue weighted by Crippen LogP contribution is 2.34. The van der Waals surface area contributed by atoms with Crippen molar-refractivity contribution in [2.24, 2.45) is 11.7 Å². The van der Waals surface area contributed by atoms with Crippen LogP contribution in [0, 0.1) is 5.92 Å². The predicted octanol–water partition coefficient (Wildman–Crippen LogP) is 0.744. The fourth-order valence-corrected chi connectivity index (χ4v) is 2.89. The van der Waals surface area contributed by atoms with Gasteiger partial charge in [0.1, 0.15) is 4.90 Å². The molecule has 0 aliphatic heterocycles. The first-order valence-corrected chi connectivity index (χ1v) is 7.56. The number of hydrogen-bond acceptors (Lipinski definition) is 4. The van der Waals surface area contributed by atoms with Crippen molar-refractivity contribution in [2.45, 2.75) is 23.8 Å². The van der Waals surface area contributed by atoms with Crippen LogP contribution in [-0.2, 0) is 10.0 Å². The van der Waals surface area contributed by atoms with Crippen molar-refractivity contribution < 1.29 is 8.42 Å². The molecule has 2 rings (SSSR count). The van der Waals surface area contributed by atoms with Gasteiger partial charge in [-0.15, -0.1) is 0 Å². The Morgan fingerprint density at radius 1 is 1.39 bits per heavy atom. The summed E-state index contributed by atoms with van der Waals surface area (Å²) in [7, 11) is -2.03. The van der Waals surface area contributed by atoms with Crippen LogP contribution in [0.4, 0.5) is 5.69 Å². The van der Waals surface area contributed by atoms with E-state index < -0.39 is 10.0 Å². The average molecular weight is 269 g/mol. The van der Waals surface area contributed by atoms with Gasteiger partial charge in [-0.2, -0.15) is 0 Å².